The molecular formula is C32H32N4O3. The van der Waals surface area contributed by atoms with E-state index in [0.29, 0.717) is 31.9 Å². The molecule has 1 N–H and O–H groups in total. The molecule has 0 spiro atoms. The molecule has 7 nitrogen and oxygen atoms in total. The smallest absolute Gasteiger partial charge is 0.326 e. The Morgan fingerprint density at radius 2 is 1.72 bits per heavy atom. The predicted octanol–water partition coefficient (Wildman–Crippen LogP) is 5.92. The van der Waals surface area contributed by atoms with Crippen molar-refractivity contribution in [3.8, 4) is 5.75 Å². The molecule has 3 heterocycles. The molecule has 0 atom stereocenters. The molecule has 1 saturated heterocycles. The first-order valence-electron chi connectivity index (χ1n) is 13.5. The Balaban J connectivity index is 1.26. The predicted molar refractivity (Wildman–Crippen MR) is 154 cm³/mol. The van der Waals surface area contributed by atoms with Crippen molar-refractivity contribution in [3.05, 3.63) is 113 Å². The lowest BCUT2D eigenvalue weighted by Gasteiger charge is -2.32. The average Bonchev–Trinajstić information content (AvgIpc) is 3.52. The Morgan fingerprint density at radius 3 is 2.51 bits per heavy atom. The van der Waals surface area contributed by atoms with Crippen LogP contribution in [0.25, 0.3) is 21.9 Å². The van der Waals surface area contributed by atoms with Gasteiger partial charge in [-0.25, -0.2) is 4.79 Å². The number of H-pyrrole nitrogens is 1. The van der Waals surface area contributed by atoms with Gasteiger partial charge in [-0.1, -0.05) is 60.7 Å². The van der Waals surface area contributed by atoms with Crippen molar-refractivity contribution in [2.45, 2.75) is 39.0 Å². The SMILES string of the molecule is C/C=C\Cn1c(C(=O)N2CCC(n3c(=O)[nH]c4ccccc43)CC2)cc2c(OCc3ccccc3)cccc21. The summed E-state index contributed by atoms with van der Waals surface area (Å²) < 4.78 is 10.1. The number of nitrogens with zero attached hydrogens (tertiary/aromatic N) is 3. The summed E-state index contributed by atoms with van der Waals surface area (Å²) in [6.07, 6.45) is 5.52. The number of imidazole rings is 1. The minimum absolute atomic E-state index is 0.00874. The van der Waals surface area contributed by atoms with E-state index in [9.17, 15) is 9.59 Å². The average molecular weight is 521 g/mol. The van der Waals surface area contributed by atoms with Crippen LogP contribution in [-0.2, 0) is 13.2 Å². The normalized spacial score (nSPS) is 14.5. The second kappa shape index (κ2) is 10.7. The minimum Gasteiger partial charge on any atom is -0.488 e. The van der Waals surface area contributed by atoms with Crippen LogP contribution in [0.5, 0.6) is 5.75 Å². The number of ether oxygens (including phenoxy) is 1. The number of aromatic amines is 1. The zero-order chi connectivity index (χ0) is 26.8. The number of benzene rings is 3. The Bertz CT molecular complexity index is 1700. The fourth-order valence-corrected chi connectivity index (χ4v) is 5.63. The molecule has 1 fully saturated rings. The fraction of sp³-hybridized carbons (Fsp3) is 0.250. The van der Waals surface area contributed by atoms with Gasteiger partial charge in [0.05, 0.1) is 16.6 Å². The van der Waals surface area contributed by atoms with Crippen molar-refractivity contribution in [1.29, 1.82) is 0 Å². The van der Waals surface area contributed by atoms with Gasteiger partial charge in [0.2, 0.25) is 0 Å². The monoisotopic (exact) mass is 520 g/mol. The highest BCUT2D eigenvalue weighted by Gasteiger charge is 2.29. The first kappa shape index (κ1) is 24.8. The molecule has 39 heavy (non-hydrogen) atoms. The third-order valence-electron chi connectivity index (χ3n) is 7.63. The second-order valence-corrected chi connectivity index (χ2v) is 10.0. The fourth-order valence-electron chi connectivity index (χ4n) is 5.63. The van der Waals surface area contributed by atoms with E-state index in [2.05, 4.69) is 15.6 Å². The van der Waals surface area contributed by atoms with Crippen molar-refractivity contribution in [2.24, 2.45) is 0 Å². The van der Waals surface area contributed by atoms with Crippen molar-refractivity contribution in [3.63, 3.8) is 0 Å². The molecule has 0 saturated carbocycles. The molecule has 2 aromatic heterocycles. The number of amides is 1. The van der Waals surface area contributed by atoms with Gasteiger partial charge >= 0.3 is 5.69 Å². The summed E-state index contributed by atoms with van der Waals surface area (Å²) in [4.78, 5) is 31.5. The largest absolute Gasteiger partial charge is 0.488 e. The first-order valence-corrected chi connectivity index (χ1v) is 13.5. The Labute approximate surface area is 226 Å². The summed E-state index contributed by atoms with van der Waals surface area (Å²) in [6.45, 7) is 4.24. The molecule has 0 bridgehead atoms. The molecule has 0 unspecified atom stereocenters. The maximum atomic E-state index is 13.9. The lowest BCUT2D eigenvalue weighted by molar-refractivity contribution is 0.0685. The number of allylic oxidation sites excluding steroid dienone is 2. The third-order valence-corrected chi connectivity index (χ3v) is 7.63. The highest BCUT2D eigenvalue weighted by atomic mass is 16.5. The number of nitrogens with one attached hydrogen (secondary N) is 1. The number of hydrogen-bond acceptors (Lipinski definition) is 3. The highest BCUT2D eigenvalue weighted by molar-refractivity contribution is 6.00. The van der Waals surface area contributed by atoms with Gasteiger partial charge in [-0.3, -0.25) is 9.36 Å². The molecule has 1 aliphatic rings. The van der Waals surface area contributed by atoms with Gasteiger partial charge in [0.15, 0.2) is 0 Å². The van der Waals surface area contributed by atoms with E-state index >= 15 is 0 Å². The summed E-state index contributed by atoms with van der Waals surface area (Å²) in [6, 6.07) is 25.9. The molecule has 198 valence electrons. The van der Waals surface area contributed by atoms with E-state index in [-0.39, 0.29) is 17.6 Å². The number of aromatic nitrogens is 3. The summed E-state index contributed by atoms with van der Waals surface area (Å²) in [5, 5.41) is 0.932. The number of piperidine rings is 1. The lowest BCUT2D eigenvalue weighted by Crippen LogP contribution is -2.41. The van der Waals surface area contributed by atoms with Crippen molar-refractivity contribution >= 4 is 27.8 Å². The Morgan fingerprint density at radius 1 is 0.974 bits per heavy atom. The van der Waals surface area contributed by atoms with Crippen LogP contribution in [0.3, 0.4) is 0 Å². The van der Waals surface area contributed by atoms with Crippen LogP contribution in [0.2, 0.25) is 0 Å². The van der Waals surface area contributed by atoms with Crippen LogP contribution in [0.1, 0.15) is 41.9 Å². The molecule has 5 aromatic rings. The van der Waals surface area contributed by atoms with E-state index in [1.807, 2.05) is 101 Å². The van der Waals surface area contributed by atoms with E-state index in [0.717, 1.165) is 46.1 Å². The van der Waals surface area contributed by atoms with Gasteiger partial charge in [-0.2, -0.15) is 0 Å². The van der Waals surface area contributed by atoms with Crippen LogP contribution >= 0.6 is 0 Å². The number of carbonyl (C=O) groups is 1. The van der Waals surface area contributed by atoms with Gasteiger partial charge in [-0.05, 0) is 55.7 Å². The number of fused-ring (bicyclic) bond motifs is 2. The topological polar surface area (TPSA) is 72.3 Å². The lowest BCUT2D eigenvalue weighted by atomic mass is 10.0. The van der Waals surface area contributed by atoms with Crippen LogP contribution in [0, 0.1) is 0 Å². The van der Waals surface area contributed by atoms with Gasteiger partial charge < -0.3 is 19.2 Å². The minimum atomic E-state index is -0.0875. The van der Waals surface area contributed by atoms with Crippen molar-refractivity contribution < 1.29 is 9.53 Å². The summed E-state index contributed by atoms with van der Waals surface area (Å²) in [7, 11) is 0. The Kier molecular flexibility index (Phi) is 6.80. The van der Waals surface area contributed by atoms with Gasteiger partial charge in [0.1, 0.15) is 18.1 Å². The molecule has 7 heteroatoms. The second-order valence-electron chi connectivity index (χ2n) is 10.0. The van der Waals surface area contributed by atoms with Crippen LogP contribution in [-0.4, -0.2) is 38.0 Å². The third kappa shape index (κ3) is 4.76. The van der Waals surface area contributed by atoms with Crippen LogP contribution in [0.4, 0.5) is 0 Å². The molecule has 0 aliphatic carbocycles. The van der Waals surface area contributed by atoms with E-state index in [1.165, 1.54) is 0 Å². The number of hydrogen-bond donors (Lipinski definition) is 1. The van der Waals surface area contributed by atoms with Gasteiger partial charge in [0, 0.05) is 31.1 Å². The Hall–Kier alpha value is -4.52. The van der Waals surface area contributed by atoms with Crippen molar-refractivity contribution in [2.75, 3.05) is 13.1 Å². The standard InChI is InChI=1S/C32H32N4O3/c1-2-3-18-35-27-14-9-15-30(39-22-23-10-5-4-6-11-23)25(27)21-29(35)31(37)34-19-16-24(17-20-34)36-28-13-8-7-12-26(28)33-32(36)38/h2-15,21,24H,16-20,22H2,1H3,(H,33,38)/b3-2-. The summed E-state index contributed by atoms with van der Waals surface area (Å²) in [5.74, 6) is 0.775. The number of carbonyl (C=O) groups excluding carboxylic acids is 1. The molecule has 1 amide bonds. The molecule has 6 rings (SSSR count). The summed E-state index contributed by atoms with van der Waals surface area (Å²) >= 11 is 0. The molecule has 3 aromatic carbocycles. The maximum Gasteiger partial charge on any atom is 0.326 e. The number of rotatable bonds is 7. The van der Waals surface area contributed by atoms with Crippen molar-refractivity contribution in [1.82, 2.24) is 19.0 Å². The summed E-state index contributed by atoms with van der Waals surface area (Å²) in [5.41, 5.74) is 4.40. The van der Waals surface area contributed by atoms with E-state index in [1.54, 1.807) is 0 Å². The quantitative estimate of drug-likeness (QED) is 0.271. The van der Waals surface area contributed by atoms with Gasteiger partial charge in [-0.15, -0.1) is 0 Å². The zero-order valence-corrected chi connectivity index (χ0v) is 22.0. The zero-order valence-electron chi connectivity index (χ0n) is 22.0. The maximum absolute atomic E-state index is 13.9. The number of para-hydroxylation sites is 2. The molecule has 1 aliphatic heterocycles. The van der Waals surface area contributed by atoms with Gasteiger partial charge in [0.25, 0.3) is 5.91 Å². The first-order chi connectivity index (χ1) is 19.1. The van der Waals surface area contributed by atoms with E-state index < -0.39 is 0 Å². The van der Waals surface area contributed by atoms with E-state index in [4.69, 9.17) is 4.74 Å². The van der Waals surface area contributed by atoms with Crippen LogP contribution < -0.4 is 10.4 Å². The highest BCUT2D eigenvalue weighted by Crippen LogP contribution is 2.32. The number of likely N-dealkylation sites (tertiary alicyclic amines) is 1. The molecule has 0 radical (unpaired) electrons. The molecular weight excluding hydrogens is 488 g/mol. The van der Waals surface area contributed by atoms with Crippen LogP contribution in [0.15, 0.2) is 95.8 Å².